The van der Waals surface area contributed by atoms with Gasteiger partial charge in [0.1, 0.15) is 5.54 Å². The fourth-order valence-electron chi connectivity index (χ4n) is 2.07. The molecule has 5 heteroatoms. The maximum Gasteiger partial charge on any atom is 0.324 e. The lowest BCUT2D eigenvalue weighted by Crippen LogP contribution is -2.56. The van der Waals surface area contributed by atoms with Crippen molar-refractivity contribution in [2.45, 2.75) is 24.8 Å². The number of rotatable bonds is 6. The lowest BCUT2D eigenvalue weighted by atomic mass is 9.93. The summed E-state index contributed by atoms with van der Waals surface area (Å²) in [4.78, 5) is 13.5. The molecule has 1 heterocycles. The number of thioether (sulfide) groups is 1. The van der Waals surface area contributed by atoms with Crippen molar-refractivity contribution in [1.29, 1.82) is 0 Å². The van der Waals surface area contributed by atoms with Crippen molar-refractivity contribution in [2.75, 3.05) is 38.8 Å². The van der Waals surface area contributed by atoms with E-state index in [1.807, 2.05) is 11.9 Å². The van der Waals surface area contributed by atoms with E-state index >= 15 is 0 Å². The summed E-state index contributed by atoms with van der Waals surface area (Å²) in [6, 6.07) is 0. The van der Waals surface area contributed by atoms with Gasteiger partial charge in [-0.2, -0.15) is 11.8 Å². The Kier molecular flexibility index (Phi) is 5.58. The van der Waals surface area contributed by atoms with Crippen LogP contribution in [0.15, 0.2) is 0 Å². The minimum atomic E-state index is -0.681. The third kappa shape index (κ3) is 3.12. The molecule has 0 aromatic heterocycles. The van der Waals surface area contributed by atoms with E-state index in [4.69, 9.17) is 4.74 Å². The Morgan fingerprint density at radius 3 is 2.88 bits per heavy atom. The van der Waals surface area contributed by atoms with Gasteiger partial charge in [-0.1, -0.05) is 0 Å². The van der Waals surface area contributed by atoms with Crippen LogP contribution < -0.4 is 0 Å². The van der Waals surface area contributed by atoms with E-state index in [-0.39, 0.29) is 0 Å². The van der Waals surface area contributed by atoms with Crippen LogP contribution in [0.2, 0.25) is 0 Å². The first-order valence-corrected chi connectivity index (χ1v) is 6.80. The molecular formula is C11H21NO3S. The van der Waals surface area contributed by atoms with Gasteiger partial charge in [0.25, 0.3) is 0 Å². The van der Waals surface area contributed by atoms with Gasteiger partial charge < -0.3 is 9.84 Å². The lowest BCUT2D eigenvalue weighted by Gasteiger charge is -2.40. The highest BCUT2D eigenvalue weighted by molar-refractivity contribution is 7.99. The van der Waals surface area contributed by atoms with Crippen LogP contribution in [0.4, 0.5) is 0 Å². The minimum absolute atomic E-state index is 0.656. The monoisotopic (exact) mass is 247 g/mol. The van der Waals surface area contributed by atoms with Crippen molar-refractivity contribution in [3.63, 3.8) is 0 Å². The van der Waals surface area contributed by atoms with Crippen molar-refractivity contribution in [3.05, 3.63) is 0 Å². The predicted octanol–water partition coefficient (Wildman–Crippen LogP) is 1.31. The number of likely N-dealkylation sites (N-methyl/N-ethyl adjacent to an activating group) is 1. The molecule has 0 radical (unpaired) electrons. The Morgan fingerprint density at radius 1 is 1.62 bits per heavy atom. The number of carboxylic acids is 1. The molecular weight excluding hydrogens is 226 g/mol. The van der Waals surface area contributed by atoms with Crippen LogP contribution in [0.1, 0.15) is 19.3 Å². The second kappa shape index (κ2) is 6.47. The van der Waals surface area contributed by atoms with Crippen LogP contribution in [0.3, 0.4) is 0 Å². The second-order valence-corrected chi connectivity index (χ2v) is 5.37. The van der Waals surface area contributed by atoms with Crippen molar-refractivity contribution < 1.29 is 14.6 Å². The standard InChI is InChI=1S/C11H21NO3S/c1-12(6-4-7-15-2)11(10(13)14)5-3-8-16-9-11/h3-9H2,1-2H3,(H,13,14). The quantitative estimate of drug-likeness (QED) is 0.717. The van der Waals surface area contributed by atoms with E-state index in [0.29, 0.717) is 12.4 Å². The van der Waals surface area contributed by atoms with Crippen molar-refractivity contribution >= 4 is 17.7 Å². The predicted molar refractivity (Wildman–Crippen MR) is 66.0 cm³/mol. The third-order valence-corrected chi connectivity index (χ3v) is 4.45. The molecule has 1 atom stereocenters. The summed E-state index contributed by atoms with van der Waals surface area (Å²) in [7, 11) is 3.58. The molecule has 0 saturated carbocycles. The van der Waals surface area contributed by atoms with Gasteiger partial charge in [0.15, 0.2) is 0 Å². The zero-order chi connectivity index (χ0) is 12.0. The molecule has 4 nitrogen and oxygen atoms in total. The van der Waals surface area contributed by atoms with Gasteiger partial charge in [-0.05, 0) is 32.1 Å². The fraction of sp³-hybridized carbons (Fsp3) is 0.909. The molecule has 1 aliphatic rings. The van der Waals surface area contributed by atoms with Gasteiger partial charge in [-0.15, -0.1) is 0 Å². The van der Waals surface area contributed by atoms with E-state index in [9.17, 15) is 9.90 Å². The number of hydrogen-bond donors (Lipinski definition) is 1. The Hall–Kier alpha value is -0.260. The topological polar surface area (TPSA) is 49.8 Å². The van der Waals surface area contributed by atoms with E-state index in [1.165, 1.54) is 0 Å². The summed E-state index contributed by atoms with van der Waals surface area (Å²) in [5, 5.41) is 9.43. The Balaban J connectivity index is 2.57. The molecule has 1 fully saturated rings. The molecule has 0 amide bonds. The number of methoxy groups -OCH3 is 1. The Labute approximate surface area is 101 Å². The SMILES string of the molecule is COCCCN(C)C1(C(=O)O)CCCSC1. The third-order valence-electron chi connectivity index (χ3n) is 3.19. The van der Waals surface area contributed by atoms with Gasteiger partial charge in [0, 0.05) is 26.0 Å². The minimum Gasteiger partial charge on any atom is -0.480 e. The maximum atomic E-state index is 11.5. The first-order chi connectivity index (χ1) is 7.63. The average molecular weight is 247 g/mol. The highest BCUT2D eigenvalue weighted by Crippen LogP contribution is 2.31. The van der Waals surface area contributed by atoms with Gasteiger partial charge in [-0.3, -0.25) is 9.69 Å². The van der Waals surface area contributed by atoms with Crippen LogP contribution in [0.5, 0.6) is 0 Å². The number of nitrogens with zero attached hydrogens (tertiary/aromatic N) is 1. The van der Waals surface area contributed by atoms with Crippen LogP contribution in [-0.2, 0) is 9.53 Å². The average Bonchev–Trinajstić information content (AvgIpc) is 2.30. The number of carbonyl (C=O) groups is 1. The second-order valence-electron chi connectivity index (χ2n) is 4.26. The number of aliphatic carboxylic acids is 1. The zero-order valence-electron chi connectivity index (χ0n) is 10.1. The Morgan fingerprint density at radius 2 is 2.38 bits per heavy atom. The molecule has 0 spiro atoms. The van der Waals surface area contributed by atoms with Crippen LogP contribution >= 0.6 is 11.8 Å². The van der Waals surface area contributed by atoms with Gasteiger partial charge in [0.2, 0.25) is 0 Å². The van der Waals surface area contributed by atoms with E-state index in [0.717, 1.165) is 31.6 Å². The number of hydrogen-bond acceptors (Lipinski definition) is 4. The van der Waals surface area contributed by atoms with Crippen LogP contribution in [0, 0.1) is 0 Å². The Bertz CT molecular complexity index is 229. The first kappa shape index (κ1) is 13.8. The van der Waals surface area contributed by atoms with E-state index in [2.05, 4.69) is 0 Å². The van der Waals surface area contributed by atoms with E-state index in [1.54, 1.807) is 18.9 Å². The molecule has 0 aromatic carbocycles. The molecule has 1 N–H and O–H groups in total. The molecule has 16 heavy (non-hydrogen) atoms. The van der Waals surface area contributed by atoms with Crippen molar-refractivity contribution in [2.24, 2.45) is 0 Å². The summed E-state index contributed by atoms with van der Waals surface area (Å²) >= 11 is 1.74. The number of ether oxygens (including phenoxy) is 1. The molecule has 0 aliphatic carbocycles. The molecule has 94 valence electrons. The zero-order valence-corrected chi connectivity index (χ0v) is 10.9. The summed E-state index contributed by atoms with van der Waals surface area (Å²) in [6.45, 7) is 1.47. The molecule has 1 rings (SSSR count). The molecule has 1 saturated heterocycles. The van der Waals surface area contributed by atoms with Gasteiger partial charge >= 0.3 is 5.97 Å². The van der Waals surface area contributed by atoms with Crippen LogP contribution in [0.25, 0.3) is 0 Å². The summed E-state index contributed by atoms with van der Waals surface area (Å²) in [5.41, 5.74) is -0.656. The molecule has 0 bridgehead atoms. The maximum absolute atomic E-state index is 11.5. The van der Waals surface area contributed by atoms with Crippen molar-refractivity contribution in [1.82, 2.24) is 4.90 Å². The van der Waals surface area contributed by atoms with Crippen LogP contribution in [-0.4, -0.2) is 60.3 Å². The van der Waals surface area contributed by atoms with Gasteiger partial charge in [0.05, 0.1) is 0 Å². The highest BCUT2D eigenvalue weighted by Gasteiger charge is 2.43. The number of carboxylic acid groups (broad SMARTS) is 1. The largest absolute Gasteiger partial charge is 0.480 e. The normalized spacial score (nSPS) is 25.9. The summed E-state index contributed by atoms with van der Waals surface area (Å²) in [5.74, 6) is 1.10. The molecule has 0 aromatic rings. The first-order valence-electron chi connectivity index (χ1n) is 5.65. The lowest BCUT2D eigenvalue weighted by molar-refractivity contribution is -0.150. The fourth-order valence-corrected chi connectivity index (χ4v) is 3.39. The summed E-state index contributed by atoms with van der Waals surface area (Å²) in [6.07, 6.45) is 2.64. The van der Waals surface area contributed by atoms with Gasteiger partial charge in [-0.25, -0.2) is 0 Å². The molecule has 1 unspecified atom stereocenters. The highest BCUT2D eigenvalue weighted by atomic mass is 32.2. The summed E-state index contributed by atoms with van der Waals surface area (Å²) < 4.78 is 4.99. The van der Waals surface area contributed by atoms with Crippen molar-refractivity contribution in [3.8, 4) is 0 Å². The molecule has 1 aliphatic heterocycles. The smallest absolute Gasteiger partial charge is 0.324 e. The van der Waals surface area contributed by atoms with E-state index < -0.39 is 11.5 Å².